The van der Waals surface area contributed by atoms with Crippen molar-refractivity contribution in [2.24, 2.45) is 0 Å². The number of aryl methyl sites for hydroxylation is 2. The van der Waals surface area contributed by atoms with Crippen LogP contribution in [0.4, 0.5) is 5.69 Å². The van der Waals surface area contributed by atoms with Gasteiger partial charge in [0.15, 0.2) is 5.16 Å². The van der Waals surface area contributed by atoms with Crippen molar-refractivity contribution in [1.82, 2.24) is 9.97 Å². The van der Waals surface area contributed by atoms with Crippen LogP contribution in [0, 0.1) is 13.8 Å². The molecule has 1 N–H and O–H groups in total. The topological polar surface area (TPSA) is 64.1 Å². The standard InChI is InChI=1S/C20H19N3O2S/c1-13-12-14(2)22-20(21-13)26-18-10-6-16(7-11-18)23-19(24)15-4-8-17(25-3)9-5-15/h4-12H,1-3H3,(H,23,24). The van der Waals surface area contributed by atoms with Crippen molar-refractivity contribution in [3.8, 4) is 5.75 Å². The number of ether oxygens (including phenoxy) is 1. The van der Waals surface area contributed by atoms with Gasteiger partial charge in [-0.2, -0.15) is 0 Å². The molecule has 26 heavy (non-hydrogen) atoms. The van der Waals surface area contributed by atoms with Gasteiger partial charge in [-0.1, -0.05) is 0 Å². The number of amides is 1. The van der Waals surface area contributed by atoms with Gasteiger partial charge in [0.25, 0.3) is 5.91 Å². The summed E-state index contributed by atoms with van der Waals surface area (Å²) in [5.74, 6) is 0.558. The average molecular weight is 365 g/mol. The van der Waals surface area contributed by atoms with E-state index in [0.717, 1.165) is 32.9 Å². The molecule has 5 nitrogen and oxygen atoms in total. The zero-order chi connectivity index (χ0) is 18.5. The molecule has 0 unspecified atom stereocenters. The monoisotopic (exact) mass is 365 g/mol. The Bertz CT molecular complexity index is 889. The molecule has 0 fully saturated rings. The van der Waals surface area contributed by atoms with Crippen molar-refractivity contribution in [2.75, 3.05) is 12.4 Å². The lowest BCUT2D eigenvalue weighted by atomic mass is 10.2. The third-order valence-electron chi connectivity index (χ3n) is 3.64. The van der Waals surface area contributed by atoms with Gasteiger partial charge in [0, 0.05) is 27.5 Å². The maximum absolute atomic E-state index is 12.3. The predicted molar refractivity (Wildman–Crippen MR) is 103 cm³/mol. The van der Waals surface area contributed by atoms with E-state index in [1.54, 1.807) is 31.4 Å². The van der Waals surface area contributed by atoms with Crippen LogP contribution in [0.15, 0.2) is 64.6 Å². The van der Waals surface area contributed by atoms with Crippen LogP contribution in [-0.2, 0) is 0 Å². The summed E-state index contributed by atoms with van der Waals surface area (Å²) in [5.41, 5.74) is 3.20. The Kier molecular flexibility index (Phi) is 5.53. The largest absolute Gasteiger partial charge is 0.497 e. The molecule has 0 saturated heterocycles. The minimum atomic E-state index is -0.161. The molecule has 0 atom stereocenters. The lowest BCUT2D eigenvalue weighted by Gasteiger charge is -2.07. The summed E-state index contributed by atoms with van der Waals surface area (Å²) in [6, 6.07) is 16.5. The third-order valence-corrected chi connectivity index (χ3v) is 4.51. The van der Waals surface area contributed by atoms with Crippen LogP contribution in [0.1, 0.15) is 21.7 Å². The zero-order valence-corrected chi connectivity index (χ0v) is 15.6. The number of hydrogen-bond acceptors (Lipinski definition) is 5. The Morgan fingerprint density at radius 2 is 1.58 bits per heavy atom. The summed E-state index contributed by atoms with van der Waals surface area (Å²) in [6.07, 6.45) is 0. The number of carbonyl (C=O) groups is 1. The van der Waals surface area contributed by atoms with E-state index in [0.29, 0.717) is 5.56 Å². The van der Waals surface area contributed by atoms with E-state index >= 15 is 0 Å². The Morgan fingerprint density at radius 1 is 0.962 bits per heavy atom. The molecular weight excluding hydrogens is 346 g/mol. The second-order valence-corrected chi connectivity index (χ2v) is 6.78. The van der Waals surface area contributed by atoms with Gasteiger partial charge in [-0.3, -0.25) is 4.79 Å². The number of carbonyl (C=O) groups excluding carboxylic acids is 1. The Balaban J connectivity index is 1.66. The lowest BCUT2D eigenvalue weighted by Crippen LogP contribution is -2.11. The number of aromatic nitrogens is 2. The molecule has 3 aromatic rings. The summed E-state index contributed by atoms with van der Waals surface area (Å²) < 4.78 is 5.10. The first-order valence-electron chi connectivity index (χ1n) is 8.09. The second kappa shape index (κ2) is 8.01. The minimum absolute atomic E-state index is 0.161. The normalized spacial score (nSPS) is 10.4. The molecule has 0 bridgehead atoms. The molecule has 1 heterocycles. The van der Waals surface area contributed by atoms with Crippen molar-refractivity contribution in [3.63, 3.8) is 0 Å². The van der Waals surface area contributed by atoms with Gasteiger partial charge in [-0.25, -0.2) is 9.97 Å². The Labute approximate surface area is 156 Å². The van der Waals surface area contributed by atoms with E-state index in [4.69, 9.17) is 4.74 Å². The molecule has 1 amide bonds. The van der Waals surface area contributed by atoms with E-state index in [-0.39, 0.29) is 5.91 Å². The van der Waals surface area contributed by atoms with Crippen molar-refractivity contribution < 1.29 is 9.53 Å². The van der Waals surface area contributed by atoms with Crippen LogP contribution < -0.4 is 10.1 Å². The summed E-state index contributed by atoms with van der Waals surface area (Å²) in [7, 11) is 1.59. The van der Waals surface area contributed by atoms with E-state index in [2.05, 4.69) is 15.3 Å². The SMILES string of the molecule is COc1ccc(C(=O)Nc2ccc(Sc3nc(C)cc(C)n3)cc2)cc1. The predicted octanol–water partition coefficient (Wildman–Crippen LogP) is 4.51. The van der Waals surface area contributed by atoms with Gasteiger partial charge in [-0.05, 0) is 80.2 Å². The van der Waals surface area contributed by atoms with E-state index in [1.165, 1.54) is 11.8 Å². The maximum atomic E-state index is 12.3. The highest BCUT2D eigenvalue weighted by atomic mass is 32.2. The van der Waals surface area contributed by atoms with Crippen LogP contribution in [-0.4, -0.2) is 23.0 Å². The van der Waals surface area contributed by atoms with Crippen LogP contribution in [0.5, 0.6) is 5.75 Å². The summed E-state index contributed by atoms with van der Waals surface area (Å²) >= 11 is 1.50. The fourth-order valence-corrected chi connectivity index (χ4v) is 3.26. The number of benzene rings is 2. The van der Waals surface area contributed by atoms with Gasteiger partial charge in [0.05, 0.1) is 7.11 Å². The molecule has 1 aromatic heterocycles. The van der Waals surface area contributed by atoms with Crippen molar-refractivity contribution in [3.05, 3.63) is 71.5 Å². The molecule has 0 saturated carbocycles. The van der Waals surface area contributed by atoms with Crippen LogP contribution in [0.25, 0.3) is 0 Å². The highest BCUT2D eigenvalue weighted by molar-refractivity contribution is 7.99. The van der Waals surface area contributed by atoms with Crippen LogP contribution in [0.3, 0.4) is 0 Å². The molecular formula is C20H19N3O2S. The van der Waals surface area contributed by atoms with Crippen molar-refractivity contribution in [2.45, 2.75) is 23.9 Å². The fourth-order valence-electron chi connectivity index (χ4n) is 2.40. The molecule has 0 spiro atoms. The minimum Gasteiger partial charge on any atom is -0.497 e. The zero-order valence-electron chi connectivity index (χ0n) is 14.8. The third kappa shape index (κ3) is 4.61. The van der Waals surface area contributed by atoms with E-state index in [1.807, 2.05) is 44.2 Å². The number of nitrogens with one attached hydrogen (secondary N) is 1. The average Bonchev–Trinajstić information content (AvgIpc) is 2.62. The summed E-state index contributed by atoms with van der Waals surface area (Å²) in [4.78, 5) is 22.2. The molecule has 0 aliphatic rings. The smallest absolute Gasteiger partial charge is 0.255 e. The first-order valence-corrected chi connectivity index (χ1v) is 8.91. The fraction of sp³-hybridized carbons (Fsp3) is 0.150. The van der Waals surface area contributed by atoms with Gasteiger partial charge in [0.2, 0.25) is 0 Å². The van der Waals surface area contributed by atoms with Crippen LogP contribution >= 0.6 is 11.8 Å². The number of anilines is 1. The first-order chi connectivity index (χ1) is 12.5. The molecule has 0 aliphatic heterocycles. The highest BCUT2D eigenvalue weighted by Gasteiger charge is 2.07. The van der Waals surface area contributed by atoms with Crippen LogP contribution in [0.2, 0.25) is 0 Å². The van der Waals surface area contributed by atoms with Crippen molar-refractivity contribution >= 4 is 23.4 Å². The molecule has 132 valence electrons. The van der Waals surface area contributed by atoms with Gasteiger partial charge in [-0.15, -0.1) is 0 Å². The molecule has 3 rings (SSSR count). The Hall–Kier alpha value is -2.86. The molecule has 0 aliphatic carbocycles. The summed E-state index contributed by atoms with van der Waals surface area (Å²) in [6.45, 7) is 3.91. The maximum Gasteiger partial charge on any atom is 0.255 e. The lowest BCUT2D eigenvalue weighted by molar-refractivity contribution is 0.102. The van der Waals surface area contributed by atoms with Crippen molar-refractivity contribution in [1.29, 1.82) is 0 Å². The number of methoxy groups -OCH3 is 1. The highest BCUT2D eigenvalue weighted by Crippen LogP contribution is 2.26. The quantitative estimate of drug-likeness (QED) is 0.674. The summed E-state index contributed by atoms with van der Waals surface area (Å²) in [5, 5.41) is 3.60. The first kappa shape index (κ1) is 17.9. The number of nitrogens with zero attached hydrogens (tertiary/aromatic N) is 2. The van der Waals surface area contributed by atoms with E-state index in [9.17, 15) is 4.79 Å². The molecule has 2 aromatic carbocycles. The molecule has 0 radical (unpaired) electrons. The van der Waals surface area contributed by atoms with Gasteiger partial charge >= 0.3 is 0 Å². The number of rotatable bonds is 5. The van der Waals surface area contributed by atoms with Gasteiger partial charge in [0.1, 0.15) is 5.75 Å². The second-order valence-electron chi connectivity index (χ2n) is 5.74. The van der Waals surface area contributed by atoms with Gasteiger partial charge < -0.3 is 10.1 Å². The number of hydrogen-bond donors (Lipinski definition) is 1. The van der Waals surface area contributed by atoms with E-state index < -0.39 is 0 Å². The Morgan fingerprint density at radius 3 is 2.15 bits per heavy atom. The molecule has 6 heteroatoms.